The van der Waals surface area contributed by atoms with E-state index in [0.717, 1.165) is 22.0 Å². The van der Waals surface area contributed by atoms with Crippen molar-refractivity contribution in [2.75, 3.05) is 19.0 Å². The first-order chi connectivity index (χ1) is 12.7. The lowest BCUT2D eigenvalue weighted by atomic mass is 10.2. The maximum absolute atomic E-state index is 12.2. The van der Waals surface area contributed by atoms with Gasteiger partial charge in [0.25, 0.3) is 0 Å². The number of benzene rings is 1. The fourth-order valence-electron chi connectivity index (χ4n) is 2.33. The molecule has 0 fully saturated rings. The van der Waals surface area contributed by atoms with Crippen LogP contribution in [0, 0.1) is 0 Å². The van der Waals surface area contributed by atoms with Gasteiger partial charge >= 0.3 is 0 Å². The van der Waals surface area contributed by atoms with Crippen LogP contribution in [0.1, 0.15) is 12.6 Å². The molecule has 2 heterocycles. The van der Waals surface area contributed by atoms with Crippen LogP contribution in [0.3, 0.4) is 0 Å². The number of carbonyl (C=O) groups is 1. The molecule has 0 bridgehead atoms. The normalized spacial score (nSPS) is 10.4. The van der Waals surface area contributed by atoms with Gasteiger partial charge in [0.15, 0.2) is 0 Å². The summed E-state index contributed by atoms with van der Waals surface area (Å²) in [5, 5.41) is 5.58. The first kappa shape index (κ1) is 17.9. The number of hydrogen-bond acceptors (Lipinski definition) is 6. The molecule has 2 aromatic heterocycles. The van der Waals surface area contributed by atoms with Crippen molar-refractivity contribution in [3.05, 3.63) is 53.7 Å². The van der Waals surface area contributed by atoms with Crippen molar-refractivity contribution in [3.8, 4) is 22.2 Å². The summed E-state index contributed by atoms with van der Waals surface area (Å²) in [4.78, 5) is 20.8. The lowest BCUT2D eigenvalue weighted by Gasteiger charge is -2.04. The van der Waals surface area contributed by atoms with E-state index in [9.17, 15) is 4.79 Å². The third-order valence-electron chi connectivity index (χ3n) is 3.53. The number of anilines is 1. The predicted octanol–water partition coefficient (Wildman–Crippen LogP) is 3.79. The van der Waals surface area contributed by atoms with Gasteiger partial charge in [0, 0.05) is 17.0 Å². The average molecular weight is 369 g/mol. The van der Waals surface area contributed by atoms with Gasteiger partial charge in [0.1, 0.15) is 10.8 Å². The summed E-state index contributed by atoms with van der Waals surface area (Å²) in [6.45, 7) is 2.59. The molecule has 1 aromatic carbocycles. The second kappa shape index (κ2) is 8.44. The molecule has 0 aliphatic rings. The number of rotatable bonds is 7. The molecule has 0 aliphatic heterocycles. The number of carbonyl (C=O) groups excluding carboxylic acids is 1. The SMILES string of the molecule is CCOc1ccc(-c2nc(CC(=O)Nc3ccc(OC)nc3)cs2)cc1. The predicted molar refractivity (Wildman–Crippen MR) is 102 cm³/mol. The number of hydrogen-bond donors (Lipinski definition) is 1. The second-order valence-electron chi connectivity index (χ2n) is 5.42. The van der Waals surface area contributed by atoms with Crippen LogP contribution >= 0.6 is 11.3 Å². The van der Waals surface area contributed by atoms with Crippen LogP contribution in [0.4, 0.5) is 5.69 Å². The molecule has 0 spiro atoms. The van der Waals surface area contributed by atoms with Gasteiger partial charge in [-0.25, -0.2) is 9.97 Å². The smallest absolute Gasteiger partial charge is 0.230 e. The second-order valence-corrected chi connectivity index (χ2v) is 6.27. The van der Waals surface area contributed by atoms with Gasteiger partial charge in [0.2, 0.25) is 11.8 Å². The van der Waals surface area contributed by atoms with E-state index in [4.69, 9.17) is 9.47 Å². The van der Waals surface area contributed by atoms with Gasteiger partial charge in [-0.2, -0.15) is 0 Å². The summed E-state index contributed by atoms with van der Waals surface area (Å²) < 4.78 is 10.4. The Labute approximate surface area is 155 Å². The molecule has 3 rings (SSSR count). The van der Waals surface area contributed by atoms with Gasteiger partial charge in [-0.15, -0.1) is 11.3 Å². The number of pyridine rings is 1. The Balaban J connectivity index is 1.61. The number of nitrogens with one attached hydrogen (secondary N) is 1. The Hall–Kier alpha value is -2.93. The van der Waals surface area contributed by atoms with E-state index in [1.165, 1.54) is 11.3 Å². The number of methoxy groups -OCH3 is 1. The Morgan fingerprint density at radius 2 is 2.00 bits per heavy atom. The molecule has 1 amide bonds. The van der Waals surface area contributed by atoms with Crippen LogP contribution in [-0.2, 0) is 11.2 Å². The zero-order chi connectivity index (χ0) is 18.4. The molecule has 3 aromatic rings. The average Bonchev–Trinajstić information content (AvgIpc) is 3.11. The highest BCUT2D eigenvalue weighted by Crippen LogP contribution is 2.26. The summed E-state index contributed by atoms with van der Waals surface area (Å²) in [6, 6.07) is 11.2. The first-order valence-corrected chi connectivity index (χ1v) is 9.03. The van der Waals surface area contributed by atoms with E-state index in [0.29, 0.717) is 18.2 Å². The Bertz CT molecular complexity index is 860. The highest BCUT2D eigenvalue weighted by Gasteiger charge is 2.10. The number of ether oxygens (including phenoxy) is 2. The minimum atomic E-state index is -0.138. The molecule has 0 unspecified atom stereocenters. The largest absolute Gasteiger partial charge is 0.494 e. The van der Waals surface area contributed by atoms with Gasteiger partial charge in [-0.1, -0.05) is 0 Å². The lowest BCUT2D eigenvalue weighted by Crippen LogP contribution is -2.14. The summed E-state index contributed by atoms with van der Waals surface area (Å²) in [6.07, 6.45) is 1.77. The van der Waals surface area contributed by atoms with Gasteiger partial charge < -0.3 is 14.8 Å². The van der Waals surface area contributed by atoms with Crippen molar-refractivity contribution in [1.29, 1.82) is 0 Å². The molecule has 0 radical (unpaired) electrons. The Morgan fingerprint density at radius 1 is 1.19 bits per heavy atom. The first-order valence-electron chi connectivity index (χ1n) is 8.15. The monoisotopic (exact) mass is 369 g/mol. The van der Waals surface area contributed by atoms with Gasteiger partial charge in [0.05, 0.1) is 37.7 Å². The zero-order valence-corrected chi connectivity index (χ0v) is 15.4. The zero-order valence-electron chi connectivity index (χ0n) is 14.6. The van der Waals surface area contributed by atoms with E-state index < -0.39 is 0 Å². The van der Waals surface area contributed by atoms with Crippen LogP contribution in [0.5, 0.6) is 11.6 Å². The minimum Gasteiger partial charge on any atom is -0.494 e. The quantitative estimate of drug-likeness (QED) is 0.686. The van der Waals surface area contributed by atoms with Crippen molar-refractivity contribution in [1.82, 2.24) is 9.97 Å². The van der Waals surface area contributed by atoms with Gasteiger partial charge in [-0.3, -0.25) is 4.79 Å². The van der Waals surface area contributed by atoms with E-state index in [2.05, 4.69) is 15.3 Å². The number of thiazole rings is 1. The lowest BCUT2D eigenvalue weighted by molar-refractivity contribution is -0.115. The summed E-state index contributed by atoms with van der Waals surface area (Å²) >= 11 is 1.51. The standard InChI is InChI=1S/C19H19N3O3S/c1-3-25-16-7-4-13(5-8-16)19-22-15(12-26-19)10-17(23)21-14-6-9-18(24-2)20-11-14/h4-9,11-12H,3,10H2,1-2H3,(H,21,23). The molecule has 0 atom stereocenters. The summed E-state index contributed by atoms with van der Waals surface area (Å²) in [5.74, 6) is 1.20. The number of nitrogens with zero attached hydrogens (tertiary/aromatic N) is 2. The number of aromatic nitrogens is 2. The fourth-order valence-corrected chi connectivity index (χ4v) is 3.15. The third kappa shape index (κ3) is 4.58. The summed E-state index contributed by atoms with van der Waals surface area (Å²) in [7, 11) is 1.55. The van der Waals surface area contributed by atoms with Crippen molar-refractivity contribution in [3.63, 3.8) is 0 Å². The fraction of sp³-hybridized carbons (Fsp3) is 0.211. The van der Waals surface area contributed by atoms with Gasteiger partial charge in [-0.05, 0) is 37.3 Å². The topological polar surface area (TPSA) is 73.3 Å². The molecule has 0 saturated carbocycles. The van der Waals surface area contributed by atoms with Crippen molar-refractivity contribution >= 4 is 22.9 Å². The van der Waals surface area contributed by atoms with Crippen molar-refractivity contribution in [2.45, 2.75) is 13.3 Å². The molecular weight excluding hydrogens is 350 g/mol. The van der Waals surface area contributed by atoms with E-state index >= 15 is 0 Å². The van der Waals surface area contributed by atoms with Crippen LogP contribution in [0.2, 0.25) is 0 Å². The maximum Gasteiger partial charge on any atom is 0.230 e. The van der Waals surface area contributed by atoms with E-state index in [1.54, 1.807) is 25.4 Å². The Kier molecular flexibility index (Phi) is 5.80. The molecule has 1 N–H and O–H groups in total. The molecular formula is C19H19N3O3S. The van der Waals surface area contributed by atoms with Crippen LogP contribution in [0.25, 0.3) is 10.6 Å². The van der Waals surface area contributed by atoms with Crippen LogP contribution in [-0.4, -0.2) is 29.6 Å². The summed E-state index contributed by atoms with van der Waals surface area (Å²) in [5.41, 5.74) is 2.36. The van der Waals surface area contributed by atoms with Crippen LogP contribution < -0.4 is 14.8 Å². The minimum absolute atomic E-state index is 0.138. The Morgan fingerprint density at radius 3 is 2.65 bits per heavy atom. The van der Waals surface area contributed by atoms with Crippen molar-refractivity contribution < 1.29 is 14.3 Å². The van der Waals surface area contributed by atoms with E-state index in [1.807, 2.05) is 36.6 Å². The number of amides is 1. The van der Waals surface area contributed by atoms with Crippen molar-refractivity contribution in [2.24, 2.45) is 0 Å². The molecule has 7 heteroatoms. The molecule has 0 aliphatic carbocycles. The molecule has 6 nitrogen and oxygen atoms in total. The highest BCUT2D eigenvalue weighted by atomic mass is 32.1. The van der Waals surface area contributed by atoms with E-state index in [-0.39, 0.29) is 12.3 Å². The maximum atomic E-state index is 12.2. The third-order valence-corrected chi connectivity index (χ3v) is 4.48. The highest BCUT2D eigenvalue weighted by molar-refractivity contribution is 7.13. The van der Waals surface area contributed by atoms with Crippen LogP contribution in [0.15, 0.2) is 48.0 Å². The molecule has 0 saturated heterocycles. The molecule has 134 valence electrons. The molecule has 26 heavy (non-hydrogen) atoms.